The number of amides is 1. The van der Waals surface area contributed by atoms with Gasteiger partial charge in [-0.3, -0.25) is 4.79 Å². The molecule has 9 heteroatoms. The molecule has 2 aromatic carbocycles. The van der Waals surface area contributed by atoms with Crippen molar-refractivity contribution in [3.05, 3.63) is 85.5 Å². The minimum Gasteiger partial charge on any atom is -0.330 e. The fourth-order valence-electron chi connectivity index (χ4n) is 4.71. The first-order valence-corrected chi connectivity index (χ1v) is 14.7. The third-order valence-electron chi connectivity index (χ3n) is 6.75. The quantitative estimate of drug-likeness (QED) is 0.367. The Morgan fingerprint density at radius 2 is 1.89 bits per heavy atom. The average molecular weight is 550 g/mol. The molecule has 1 aliphatic heterocycles. The maximum atomic E-state index is 13.8. The Morgan fingerprint density at radius 3 is 2.63 bits per heavy atom. The highest BCUT2D eigenvalue weighted by atomic mass is 35.5. The van der Waals surface area contributed by atoms with Gasteiger partial charge < -0.3 is 4.90 Å². The van der Waals surface area contributed by atoms with E-state index in [2.05, 4.69) is 17.5 Å². The topological polar surface area (TPSA) is 57.7 Å². The Morgan fingerprint density at radius 1 is 1.11 bits per heavy atom. The molecule has 35 heavy (non-hydrogen) atoms. The fourth-order valence-corrected chi connectivity index (χ4v) is 7.81. The number of carbonyl (C=O) groups excluding carboxylic acids is 1. The van der Waals surface area contributed by atoms with E-state index < -0.39 is 10.0 Å². The summed E-state index contributed by atoms with van der Waals surface area (Å²) in [7, 11) is -4.01. The zero-order valence-electron chi connectivity index (χ0n) is 19.3. The van der Waals surface area contributed by atoms with Crippen LogP contribution in [0, 0.1) is 12.8 Å². The summed E-state index contributed by atoms with van der Waals surface area (Å²) >= 11 is 14.1. The van der Waals surface area contributed by atoms with Crippen molar-refractivity contribution in [2.75, 3.05) is 19.6 Å². The lowest BCUT2D eigenvalue weighted by molar-refractivity contribution is -0.133. The molecule has 1 saturated carbocycles. The van der Waals surface area contributed by atoms with Crippen LogP contribution < -0.4 is 0 Å². The number of carbonyl (C=O) groups is 1. The number of hydrogen-bond donors (Lipinski definition) is 0. The number of rotatable bonds is 7. The molecule has 2 heterocycles. The number of nitrogens with zero attached hydrogens (tertiary/aromatic N) is 2. The summed E-state index contributed by atoms with van der Waals surface area (Å²) in [5.74, 6) is 0.0463. The molecule has 5 rings (SSSR count). The van der Waals surface area contributed by atoms with Crippen molar-refractivity contribution in [3.63, 3.8) is 0 Å². The fraction of sp³-hybridized carbons (Fsp3) is 0.346. The van der Waals surface area contributed by atoms with Crippen LogP contribution in [0.15, 0.2) is 58.8 Å². The van der Waals surface area contributed by atoms with Crippen LogP contribution in [0.25, 0.3) is 0 Å². The Bertz CT molecular complexity index is 1370. The lowest BCUT2D eigenvalue weighted by Gasteiger charge is -2.38. The van der Waals surface area contributed by atoms with Gasteiger partial charge in [0.15, 0.2) is 0 Å². The van der Waals surface area contributed by atoms with Crippen molar-refractivity contribution < 1.29 is 13.2 Å². The third kappa shape index (κ3) is 5.02. The first-order chi connectivity index (χ1) is 16.8. The van der Waals surface area contributed by atoms with Gasteiger partial charge in [-0.15, -0.1) is 11.3 Å². The number of thiophene rings is 1. The predicted molar refractivity (Wildman–Crippen MR) is 141 cm³/mol. The van der Waals surface area contributed by atoms with Gasteiger partial charge in [0.1, 0.15) is 4.90 Å². The van der Waals surface area contributed by atoms with E-state index in [1.165, 1.54) is 21.3 Å². The van der Waals surface area contributed by atoms with E-state index in [0.717, 1.165) is 36.0 Å². The van der Waals surface area contributed by atoms with Gasteiger partial charge >= 0.3 is 0 Å². The molecule has 5 nitrogen and oxygen atoms in total. The molecule has 1 unspecified atom stereocenters. The van der Waals surface area contributed by atoms with Gasteiger partial charge in [-0.25, -0.2) is 8.42 Å². The first kappa shape index (κ1) is 24.8. The highest BCUT2D eigenvalue weighted by Crippen LogP contribution is 2.40. The van der Waals surface area contributed by atoms with Crippen LogP contribution in [0.4, 0.5) is 0 Å². The summed E-state index contributed by atoms with van der Waals surface area (Å²) < 4.78 is 28.6. The summed E-state index contributed by atoms with van der Waals surface area (Å²) in [5.41, 5.74) is 3.29. The first-order valence-electron chi connectivity index (χ1n) is 11.6. The molecule has 1 amide bonds. The summed E-state index contributed by atoms with van der Waals surface area (Å²) in [5, 5.41) is 2.45. The van der Waals surface area contributed by atoms with Crippen molar-refractivity contribution in [1.29, 1.82) is 0 Å². The monoisotopic (exact) mass is 548 g/mol. The number of hydrogen-bond acceptors (Lipinski definition) is 4. The minimum atomic E-state index is -4.01. The zero-order chi connectivity index (χ0) is 24.7. The van der Waals surface area contributed by atoms with E-state index in [0.29, 0.717) is 13.1 Å². The third-order valence-corrected chi connectivity index (χ3v) is 10.3. The lowest BCUT2D eigenvalue weighted by Crippen LogP contribution is -2.47. The van der Waals surface area contributed by atoms with Crippen LogP contribution in [0.2, 0.25) is 10.0 Å². The van der Waals surface area contributed by atoms with Gasteiger partial charge in [-0.1, -0.05) is 47.5 Å². The standard InChI is InChI=1S/C26H26Cl2N2O3S2/c1-17-4-2-3-5-20(17)26-21-11-13-34-23(21)10-12-30(26)25(31)16-29(15-18-6-7-18)35(32,33)24-14-19(27)8-9-22(24)28/h2-5,8-9,11,13-14,18,26H,6-7,10,12,15-16H2,1H3. The highest BCUT2D eigenvalue weighted by Gasteiger charge is 2.38. The van der Waals surface area contributed by atoms with E-state index in [1.54, 1.807) is 17.4 Å². The van der Waals surface area contributed by atoms with Gasteiger partial charge in [0.2, 0.25) is 15.9 Å². The van der Waals surface area contributed by atoms with Crippen molar-refractivity contribution in [2.45, 2.75) is 37.1 Å². The van der Waals surface area contributed by atoms with E-state index in [4.69, 9.17) is 23.2 Å². The number of sulfonamides is 1. The normalized spacial score (nSPS) is 18.1. The Balaban J connectivity index is 1.49. The molecule has 3 aromatic rings. The Kier molecular flexibility index (Phi) is 6.98. The van der Waals surface area contributed by atoms with Crippen LogP contribution in [-0.4, -0.2) is 43.2 Å². The molecule has 0 spiro atoms. The smallest absolute Gasteiger partial charge is 0.245 e. The maximum Gasteiger partial charge on any atom is 0.245 e. The number of halogens is 2. The zero-order valence-corrected chi connectivity index (χ0v) is 22.4. The van der Waals surface area contributed by atoms with Gasteiger partial charge in [0.05, 0.1) is 17.6 Å². The molecule has 0 N–H and O–H groups in total. The maximum absolute atomic E-state index is 13.8. The minimum absolute atomic E-state index is 0.0608. The summed E-state index contributed by atoms with van der Waals surface area (Å²) in [6.45, 7) is 2.65. The average Bonchev–Trinajstić information content (AvgIpc) is 3.52. The number of aryl methyl sites for hydroxylation is 1. The van der Waals surface area contributed by atoms with Crippen molar-refractivity contribution >= 4 is 50.5 Å². The molecule has 2 aliphatic rings. The van der Waals surface area contributed by atoms with Crippen LogP contribution >= 0.6 is 34.5 Å². The SMILES string of the molecule is Cc1ccccc1C1c2ccsc2CCN1C(=O)CN(CC1CC1)S(=O)(=O)c1cc(Cl)ccc1Cl. The number of benzene rings is 2. The molecule has 1 atom stereocenters. The highest BCUT2D eigenvalue weighted by molar-refractivity contribution is 7.89. The summed E-state index contributed by atoms with van der Waals surface area (Å²) in [6.07, 6.45) is 2.67. The van der Waals surface area contributed by atoms with Gasteiger partial charge in [0, 0.05) is 23.0 Å². The predicted octanol–water partition coefficient (Wildman–Crippen LogP) is 5.94. The molecule has 184 valence electrons. The molecule has 0 radical (unpaired) electrons. The van der Waals surface area contributed by atoms with E-state index in [-0.39, 0.29) is 39.4 Å². The van der Waals surface area contributed by atoms with E-state index >= 15 is 0 Å². The summed E-state index contributed by atoms with van der Waals surface area (Å²) in [4.78, 5) is 16.9. The van der Waals surface area contributed by atoms with Crippen molar-refractivity contribution in [1.82, 2.24) is 9.21 Å². The van der Waals surface area contributed by atoms with Crippen LogP contribution in [0.5, 0.6) is 0 Å². The Hall–Kier alpha value is -1.90. The molecular weight excluding hydrogens is 523 g/mol. The molecule has 1 aliphatic carbocycles. The number of fused-ring (bicyclic) bond motifs is 1. The second-order valence-corrected chi connectivity index (χ2v) is 13.0. The summed E-state index contributed by atoms with van der Waals surface area (Å²) in [6, 6.07) is 14.3. The van der Waals surface area contributed by atoms with Crippen LogP contribution in [0.3, 0.4) is 0 Å². The largest absolute Gasteiger partial charge is 0.330 e. The van der Waals surface area contributed by atoms with Crippen molar-refractivity contribution in [2.24, 2.45) is 5.92 Å². The van der Waals surface area contributed by atoms with Gasteiger partial charge in [-0.2, -0.15) is 4.31 Å². The second-order valence-electron chi connectivity index (χ2n) is 9.21. The van der Waals surface area contributed by atoms with E-state index in [9.17, 15) is 13.2 Å². The second kappa shape index (κ2) is 9.87. The molecule has 1 aromatic heterocycles. The molecule has 1 fully saturated rings. The molecule has 0 bridgehead atoms. The lowest BCUT2D eigenvalue weighted by atomic mass is 9.90. The molecular formula is C26H26Cl2N2O3S2. The van der Waals surface area contributed by atoms with E-state index in [1.807, 2.05) is 30.0 Å². The molecule has 0 saturated heterocycles. The van der Waals surface area contributed by atoms with Gasteiger partial charge in [-0.05, 0) is 78.4 Å². The van der Waals surface area contributed by atoms with Crippen LogP contribution in [0.1, 0.15) is 40.5 Å². The van der Waals surface area contributed by atoms with Crippen LogP contribution in [-0.2, 0) is 21.2 Å². The van der Waals surface area contributed by atoms with Crippen molar-refractivity contribution in [3.8, 4) is 0 Å². The Labute approximate surface area is 220 Å². The van der Waals surface area contributed by atoms with Gasteiger partial charge in [0.25, 0.3) is 0 Å².